The van der Waals surface area contributed by atoms with Gasteiger partial charge in [0.05, 0.1) is 5.02 Å². The molecular formula is C8H5ClF2O2. The largest absolute Gasteiger partial charge is 0.586 e. The van der Waals surface area contributed by atoms with Crippen LogP contribution in [0.1, 0.15) is 5.56 Å². The van der Waals surface area contributed by atoms with Crippen molar-refractivity contribution in [3.63, 3.8) is 0 Å². The van der Waals surface area contributed by atoms with Crippen molar-refractivity contribution in [2.75, 3.05) is 0 Å². The summed E-state index contributed by atoms with van der Waals surface area (Å²) in [6, 6.07) is 2.99. The molecule has 0 radical (unpaired) electrons. The van der Waals surface area contributed by atoms with Crippen LogP contribution in [-0.2, 0) is 0 Å². The van der Waals surface area contributed by atoms with Gasteiger partial charge in [0.2, 0.25) is 0 Å². The van der Waals surface area contributed by atoms with Crippen LogP contribution in [0.2, 0.25) is 5.02 Å². The van der Waals surface area contributed by atoms with Gasteiger partial charge < -0.3 is 9.47 Å². The number of rotatable bonds is 0. The van der Waals surface area contributed by atoms with Gasteiger partial charge in [-0.05, 0) is 18.6 Å². The van der Waals surface area contributed by atoms with Crippen LogP contribution >= 0.6 is 11.6 Å². The summed E-state index contributed by atoms with van der Waals surface area (Å²) in [6.45, 7) is 1.70. The second kappa shape index (κ2) is 2.48. The summed E-state index contributed by atoms with van der Waals surface area (Å²) in [4.78, 5) is 0. The molecule has 0 aromatic heterocycles. The van der Waals surface area contributed by atoms with Crippen molar-refractivity contribution in [1.29, 1.82) is 0 Å². The predicted molar refractivity (Wildman–Crippen MR) is 42.4 cm³/mol. The van der Waals surface area contributed by atoms with Gasteiger partial charge in [-0.3, -0.25) is 0 Å². The van der Waals surface area contributed by atoms with E-state index in [-0.39, 0.29) is 16.5 Å². The van der Waals surface area contributed by atoms with Crippen molar-refractivity contribution in [2.45, 2.75) is 13.2 Å². The molecule has 1 aliphatic rings. The minimum Gasteiger partial charge on any atom is -0.395 e. The van der Waals surface area contributed by atoms with Gasteiger partial charge in [-0.1, -0.05) is 17.7 Å². The topological polar surface area (TPSA) is 18.5 Å². The molecule has 0 bridgehead atoms. The standard InChI is InChI=1S/C8H5ClF2O2/c1-4-2-3-5-7(6(4)9)13-8(10,11)12-5/h2-3H,1H3. The minimum absolute atomic E-state index is 0.0272. The summed E-state index contributed by atoms with van der Waals surface area (Å²) in [5, 5.41) is 0.162. The first-order valence-electron chi connectivity index (χ1n) is 3.54. The molecule has 13 heavy (non-hydrogen) atoms. The Kier molecular flexibility index (Phi) is 1.63. The average molecular weight is 207 g/mol. The number of ether oxygens (including phenoxy) is 2. The monoisotopic (exact) mass is 206 g/mol. The molecule has 0 atom stereocenters. The number of hydrogen-bond acceptors (Lipinski definition) is 2. The molecule has 70 valence electrons. The molecule has 0 fully saturated rings. The smallest absolute Gasteiger partial charge is 0.395 e. The van der Waals surface area contributed by atoms with Gasteiger partial charge in [-0.15, -0.1) is 8.78 Å². The summed E-state index contributed by atoms with van der Waals surface area (Å²) in [5.74, 6) is -0.118. The maximum absolute atomic E-state index is 12.5. The normalized spacial score (nSPS) is 17.5. The number of fused-ring (bicyclic) bond motifs is 1. The Hall–Kier alpha value is -1.03. The Bertz CT molecular complexity index is 365. The molecular weight excluding hydrogens is 202 g/mol. The van der Waals surface area contributed by atoms with Crippen molar-refractivity contribution in [1.82, 2.24) is 0 Å². The van der Waals surface area contributed by atoms with Crippen molar-refractivity contribution in [3.05, 3.63) is 22.7 Å². The second-order valence-electron chi connectivity index (χ2n) is 2.69. The van der Waals surface area contributed by atoms with Gasteiger partial charge in [0, 0.05) is 0 Å². The molecule has 0 N–H and O–H groups in total. The number of alkyl halides is 2. The predicted octanol–water partition coefficient (Wildman–Crippen LogP) is 2.97. The van der Waals surface area contributed by atoms with Gasteiger partial charge in [-0.2, -0.15) is 0 Å². The van der Waals surface area contributed by atoms with Gasteiger partial charge in [0.1, 0.15) is 0 Å². The van der Waals surface area contributed by atoms with Gasteiger partial charge in [-0.25, -0.2) is 0 Å². The van der Waals surface area contributed by atoms with Crippen molar-refractivity contribution < 1.29 is 18.3 Å². The maximum Gasteiger partial charge on any atom is 0.586 e. The molecule has 0 amide bonds. The Labute approximate surface area is 78.0 Å². The first-order chi connectivity index (χ1) is 5.99. The molecule has 1 aromatic rings. The van der Waals surface area contributed by atoms with Crippen molar-refractivity contribution in [3.8, 4) is 11.5 Å². The van der Waals surface area contributed by atoms with Crippen LogP contribution in [-0.4, -0.2) is 6.29 Å². The average Bonchev–Trinajstić information content (AvgIpc) is 2.34. The Morgan fingerprint density at radius 1 is 1.31 bits per heavy atom. The highest BCUT2D eigenvalue weighted by molar-refractivity contribution is 6.33. The maximum atomic E-state index is 12.5. The van der Waals surface area contributed by atoms with Crippen LogP contribution in [0.3, 0.4) is 0 Å². The summed E-state index contributed by atoms with van der Waals surface area (Å²) in [7, 11) is 0. The first kappa shape index (κ1) is 8.56. The molecule has 0 saturated carbocycles. The molecule has 1 aliphatic heterocycles. The zero-order valence-corrected chi connectivity index (χ0v) is 7.36. The molecule has 1 aromatic carbocycles. The number of aryl methyl sites for hydroxylation is 1. The van der Waals surface area contributed by atoms with Crippen molar-refractivity contribution in [2.24, 2.45) is 0 Å². The van der Waals surface area contributed by atoms with E-state index in [0.717, 1.165) is 0 Å². The lowest BCUT2D eigenvalue weighted by atomic mass is 10.2. The highest BCUT2D eigenvalue weighted by Gasteiger charge is 2.44. The van der Waals surface area contributed by atoms with Crippen molar-refractivity contribution >= 4 is 11.6 Å². The van der Waals surface area contributed by atoms with E-state index in [1.165, 1.54) is 6.07 Å². The van der Waals surface area contributed by atoms with E-state index in [2.05, 4.69) is 9.47 Å². The van der Waals surface area contributed by atoms with Crippen LogP contribution < -0.4 is 9.47 Å². The summed E-state index contributed by atoms with van der Waals surface area (Å²) in [5.41, 5.74) is 0.668. The number of hydrogen-bond donors (Lipinski definition) is 0. The summed E-state index contributed by atoms with van der Waals surface area (Å²) in [6.07, 6.45) is -3.60. The molecule has 1 heterocycles. The van der Waals surface area contributed by atoms with Gasteiger partial charge in [0.25, 0.3) is 0 Å². The Morgan fingerprint density at radius 3 is 2.69 bits per heavy atom. The summed E-state index contributed by atoms with van der Waals surface area (Å²) < 4.78 is 33.5. The van der Waals surface area contributed by atoms with E-state index in [9.17, 15) is 8.78 Å². The molecule has 5 heteroatoms. The molecule has 2 rings (SSSR count). The molecule has 0 saturated heterocycles. The zero-order valence-electron chi connectivity index (χ0n) is 6.61. The van der Waals surface area contributed by atoms with E-state index < -0.39 is 6.29 Å². The Balaban J connectivity index is 2.53. The van der Waals surface area contributed by atoms with E-state index in [1.807, 2.05) is 0 Å². The molecule has 0 unspecified atom stereocenters. The lowest BCUT2D eigenvalue weighted by Gasteiger charge is -2.04. The third-order valence-electron chi connectivity index (χ3n) is 1.70. The quantitative estimate of drug-likeness (QED) is 0.650. The fraction of sp³-hybridized carbons (Fsp3) is 0.250. The number of halogens is 3. The second-order valence-corrected chi connectivity index (χ2v) is 3.07. The van der Waals surface area contributed by atoms with E-state index in [0.29, 0.717) is 5.56 Å². The molecule has 0 spiro atoms. The van der Waals surface area contributed by atoms with E-state index >= 15 is 0 Å². The van der Waals surface area contributed by atoms with E-state index in [1.54, 1.807) is 13.0 Å². The SMILES string of the molecule is Cc1ccc2c(c1Cl)OC(F)(F)O2. The van der Waals surface area contributed by atoms with Gasteiger partial charge in [0.15, 0.2) is 11.5 Å². The fourth-order valence-corrected chi connectivity index (χ4v) is 1.27. The molecule has 0 aliphatic carbocycles. The number of benzene rings is 1. The third-order valence-corrected chi connectivity index (χ3v) is 2.17. The highest BCUT2D eigenvalue weighted by Crippen LogP contribution is 2.46. The van der Waals surface area contributed by atoms with Crippen LogP contribution in [0.4, 0.5) is 8.78 Å². The summed E-state index contributed by atoms with van der Waals surface area (Å²) >= 11 is 5.73. The highest BCUT2D eigenvalue weighted by atomic mass is 35.5. The van der Waals surface area contributed by atoms with Crippen LogP contribution in [0.25, 0.3) is 0 Å². The Morgan fingerprint density at radius 2 is 2.00 bits per heavy atom. The van der Waals surface area contributed by atoms with Crippen LogP contribution in [0, 0.1) is 6.92 Å². The van der Waals surface area contributed by atoms with Crippen LogP contribution in [0.15, 0.2) is 12.1 Å². The van der Waals surface area contributed by atoms with Crippen LogP contribution in [0.5, 0.6) is 11.5 Å². The zero-order chi connectivity index (χ0) is 9.64. The third kappa shape index (κ3) is 1.31. The first-order valence-corrected chi connectivity index (χ1v) is 3.92. The fourth-order valence-electron chi connectivity index (χ4n) is 1.08. The lowest BCUT2D eigenvalue weighted by molar-refractivity contribution is -0.286. The van der Waals surface area contributed by atoms with Gasteiger partial charge >= 0.3 is 6.29 Å². The minimum atomic E-state index is -3.60. The lowest BCUT2D eigenvalue weighted by Crippen LogP contribution is -2.26. The van der Waals surface area contributed by atoms with E-state index in [4.69, 9.17) is 11.6 Å². The molecule has 2 nitrogen and oxygen atoms in total.